The van der Waals surface area contributed by atoms with Crippen LogP contribution in [-0.4, -0.2) is 107 Å². The monoisotopic (exact) mass is 1070 g/mol. The van der Waals surface area contributed by atoms with Crippen LogP contribution in [0.3, 0.4) is 0 Å². The van der Waals surface area contributed by atoms with Crippen LogP contribution in [-0.2, 0) is 27.3 Å². The standard InChI is InChI=1S/C57H76FN13O5S/c1-9-10-11-15-25-60-56(76)65-47-30-44(35(2)27-46(47)58)45-28-41-31-61-55(67-52(41)63-37(45)4)59-24-16-14-18-42-32-70(69-68-42)26-17-12-13-19-49(73)66-51(57(6,7)8)54(75)71-33-43(72)29-48(71)53(74)64-36(3)39-20-22-40(23-21-39)50-38(5)62-34-77-50/h20-23,27-28,30-32,34,36,43,48,51,72H,9-19,24-26,29,33H2,1-8H3,(H,64,74)(H,66,73)(H2,60,65,76)(H,59,61,63,67)/t36-,43+,48-,51-/m0/s1. The molecule has 0 saturated carbocycles. The molecule has 6 aromatic rings. The second-order valence-electron chi connectivity index (χ2n) is 21.4. The van der Waals surface area contributed by atoms with Gasteiger partial charge in [0.25, 0.3) is 0 Å². The van der Waals surface area contributed by atoms with E-state index in [2.05, 4.69) is 58.8 Å². The highest BCUT2D eigenvalue weighted by Crippen LogP contribution is 2.33. The lowest BCUT2D eigenvalue weighted by Gasteiger charge is -2.35. The molecule has 1 fully saturated rings. The first kappa shape index (κ1) is 57.8. The lowest BCUT2D eigenvalue weighted by molar-refractivity contribution is -0.144. The number of hydrogen-bond acceptors (Lipinski definition) is 13. The number of aliphatic hydroxyl groups is 1. The first-order valence-corrected chi connectivity index (χ1v) is 28.0. The van der Waals surface area contributed by atoms with Gasteiger partial charge in [-0.3, -0.25) is 19.1 Å². The molecule has 6 N–H and O–H groups in total. The number of nitrogens with zero attached hydrogens (tertiary/aromatic N) is 8. The van der Waals surface area contributed by atoms with Crippen molar-refractivity contribution in [2.24, 2.45) is 5.41 Å². The van der Waals surface area contributed by atoms with Gasteiger partial charge in [0, 0.05) is 68.1 Å². The molecule has 77 heavy (non-hydrogen) atoms. The smallest absolute Gasteiger partial charge is 0.319 e. The molecule has 2 aromatic carbocycles. The Balaban J connectivity index is 0.805. The van der Waals surface area contributed by atoms with Gasteiger partial charge in [0.05, 0.1) is 39.6 Å². The van der Waals surface area contributed by atoms with Crippen LogP contribution >= 0.6 is 11.3 Å². The van der Waals surface area contributed by atoms with Crippen LogP contribution in [0.2, 0.25) is 0 Å². The highest BCUT2D eigenvalue weighted by molar-refractivity contribution is 7.13. The lowest BCUT2D eigenvalue weighted by Crippen LogP contribution is -2.57. The number of aliphatic hydroxyl groups excluding tert-OH is 1. The van der Waals surface area contributed by atoms with Gasteiger partial charge in [-0.1, -0.05) is 82.9 Å². The number of carbonyl (C=O) groups excluding carboxylic acids is 4. The molecule has 1 aliphatic rings. The first-order valence-electron chi connectivity index (χ1n) is 27.1. The molecule has 4 atom stereocenters. The molecule has 1 aliphatic heterocycles. The van der Waals surface area contributed by atoms with E-state index in [0.717, 1.165) is 102 Å². The number of urea groups is 1. The summed E-state index contributed by atoms with van der Waals surface area (Å²) in [6.07, 6.45) is 11.9. The number of hydrogen-bond donors (Lipinski definition) is 6. The lowest BCUT2D eigenvalue weighted by atomic mass is 9.85. The van der Waals surface area contributed by atoms with Crippen molar-refractivity contribution in [3.05, 3.63) is 94.4 Å². The maximum absolute atomic E-state index is 15.0. The molecule has 0 bridgehead atoms. The molecule has 0 aliphatic carbocycles. The Hall–Kier alpha value is -6.93. The fourth-order valence-electron chi connectivity index (χ4n) is 9.57. The summed E-state index contributed by atoms with van der Waals surface area (Å²) in [4.78, 5) is 74.5. The Morgan fingerprint density at radius 1 is 0.883 bits per heavy atom. The number of likely N-dealkylation sites (tertiary alicyclic amines) is 1. The Kier molecular flexibility index (Phi) is 20.2. The van der Waals surface area contributed by atoms with Gasteiger partial charge >= 0.3 is 6.03 Å². The number of unbranched alkanes of at least 4 members (excludes halogenated alkanes) is 6. The topological polar surface area (TPSA) is 234 Å². The molecule has 5 amide bonds. The number of thiazole rings is 1. The third-order valence-electron chi connectivity index (χ3n) is 14.0. The number of rotatable bonds is 25. The number of aryl methyl sites for hydroxylation is 5. The number of aromatic nitrogens is 7. The predicted molar refractivity (Wildman–Crippen MR) is 300 cm³/mol. The van der Waals surface area contributed by atoms with E-state index in [-0.39, 0.29) is 48.8 Å². The Bertz CT molecular complexity index is 2980. The number of amides is 5. The van der Waals surface area contributed by atoms with Crippen molar-refractivity contribution in [1.29, 1.82) is 0 Å². The number of nitrogens with one attached hydrogen (secondary N) is 5. The van der Waals surface area contributed by atoms with Crippen LogP contribution in [0.4, 0.5) is 20.8 Å². The van der Waals surface area contributed by atoms with E-state index in [1.165, 1.54) is 11.0 Å². The average molecular weight is 1070 g/mol. The summed E-state index contributed by atoms with van der Waals surface area (Å²) in [5.41, 5.74) is 8.61. The Morgan fingerprint density at radius 3 is 2.39 bits per heavy atom. The number of carbonyl (C=O) groups is 4. The minimum absolute atomic E-state index is 0.00700. The predicted octanol–water partition coefficient (Wildman–Crippen LogP) is 9.54. The Labute approximate surface area is 455 Å². The van der Waals surface area contributed by atoms with Gasteiger partial charge in [-0.25, -0.2) is 24.1 Å². The second kappa shape index (κ2) is 26.9. The highest BCUT2D eigenvalue weighted by atomic mass is 32.1. The molecule has 18 nitrogen and oxygen atoms in total. The number of anilines is 2. The quantitative estimate of drug-likeness (QED) is 0.0294. The average Bonchev–Trinajstić information content (AvgIpc) is 4.19. The fraction of sp³-hybridized carbons (Fsp3) is 0.509. The van der Waals surface area contributed by atoms with Gasteiger partial charge in [0.15, 0.2) is 5.65 Å². The number of benzene rings is 2. The van der Waals surface area contributed by atoms with E-state index in [1.54, 1.807) is 23.6 Å². The number of halogens is 1. The van der Waals surface area contributed by atoms with Crippen LogP contribution in [0.1, 0.15) is 139 Å². The maximum Gasteiger partial charge on any atom is 0.319 e. The van der Waals surface area contributed by atoms with E-state index in [0.29, 0.717) is 48.9 Å². The zero-order valence-corrected chi connectivity index (χ0v) is 46.7. The zero-order chi connectivity index (χ0) is 55.2. The molecule has 20 heteroatoms. The highest BCUT2D eigenvalue weighted by Gasteiger charge is 2.44. The molecule has 1 saturated heterocycles. The van der Waals surface area contributed by atoms with Crippen molar-refractivity contribution in [3.8, 4) is 21.6 Å². The molecular formula is C57H76FN13O5S. The van der Waals surface area contributed by atoms with E-state index >= 15 is 0 Å². The van der Waals surface area contributed by atoms with Crippen molar-refractivity contribution in [2.75, 3.05) is 30.3 Å². The van der Waals surface area contributed by atoms with Crippen LogP contribution in [0, 0.1) is 32.0 Å². The minimum atomic E-state index is -0.893. The van der Waals surface area contributed by atoms with Crippen LogP contribution < -0.4 is 26.6 Å². The van der Waals surface area contributed by atoms with Crippen LogP contribution in [0.15, 0.2) is 60.4 Å². The summed E-state index contributed by atoms with van der Waals surface area (Å²) in [7, 11) is 0. The molecular weight excluding hydrogens is 998 g/mol. The molecule has 4 aromatic heterocycles. The van der Waals surface area contributed by atoms with Crippen molar-refractivity contribution in [1.82, 2.24) is 55.8 Å². The summed E-state index contributed by atoms with van der Waals surface area (Å²) in [6.45, 7) is 17.2. The number of pyridine rings is 1. The van der Waals surface area contributed by atoms with E-state index in [1.807, 2.05) is 95.2 Å². The minimum Gasteiger partial charge on any atom is -0.391 e. The first-order chi connectivity index (χ1) is 36.9. The normalized spacial score (nSPS) is 15.3. The van der Waals surface area contributed by atoms with Gasteiger partial charge in [-0.15, -0.1) is 16.4 Å². The van der Waals surface area contributed by atoms with E-state index < -0.39 is 35.5 Å². The molecule has 0 radical (unpaired) electrons. The summed E-state index contributed by atoms with van der Waals surface area (Å²) >= 11 is 1.58. The van der Waals surface area contributed by atoms with Gasteiger partial charge in [0.2, 0.25) is 23.7 Å². The SMILES string of the molecule is CCCCCCNC(=O)Nc1cc(-c2cc3cnc(NCCCCc4cn(CCCCCC(=O)N[C@@H](C(=O)N5C[C@H](O)C[C@H]5C(=O)N[C@@H](C)c5ccc(-c6scnc6C)cc5)C(C)(C)C)nn4)nc3nc2C)c(C)cc1F. The largest absolute Gasteiger partial charge is 0.391 e. The molecule has 7 rings (SSSR count). The maximum atomic E-state index is 15.0. The van der Waals surface area contributed by atoms with Gasteiger partial charge in [0.1, 0.15) is 17.9 Å². The van der Waals surface area contributed by atoms with Gasteiger partial charge in [-0.05, 0) is 112 Å². The number of β-amino-alcohol motifs (C(OH)–C–C–N with tert-alkyl or cyclic N) is 1. The summed E-state index contributed by atoms with van der Waals surface area (Å²) < 4.78 is 16.8. The van der Waals surface area contributed by atoms with Crippen LogP contribution in [0.5, 0.6) is 0 Å². The molecule has 412 valence electrons. The summed E-state index contributed by atoms with van der Waals surface area (Å²) in [6, 6.07) is 10.4. The summed E-state index contributed by atoms with van der Waals surface area (Å²) in [5, 5.41) is 34.9. The van der Waals surface area contributed by atoms with Crippen molar-refractivity contribution >= 4 is 57.8 Å². The molecule has 0 unspecified atom stereocenters. The van der Waals surface area contributed by atoms with Crippen molar-refractivity contribution in [3.63, 3.8) is 0 Å². The zero-order valence-electron chi connectivity index (χ0n) is 45.8. The van der Waals surface area contributed by atoms with Gasteiger partial charge < -0.3 is 36.6 Å². The third kappa shape index (κ3) is 15.8. The van der Waals surface area contributed by atoms with Gasteiger partial charge in [-0.2, -0.15) is 4.98 Å². The van der Waals surface area contributed by atoms with Crippen molar-refractivity contribution in [2.45, 2.75) is 163 Å². The van der Waals surface area contributed by atoms with Crippen LogP contribution in [0.25, 0.3) is 32.6 Å². The Morgan fingerprint density at radius 2 is 1.65 bits per heavy atom. The van der Waals surface area contributed by atoms with E-state index in [4.69, 9.17) is 4.98 Å². The number of fused-ring (bicyclic) bond motifs is 1. The van der Waals surface area contributed by atoms with E-state index in [9.17, 15) is 28.7 Å². The molecule has 5 heterocycles. The third-order valence-corrected chi connectivity index (χ3v) is 15.0. The molecule has 0 spiro atoms. The van der Waals surface area contributed by atoms with Crippen molar-refractivity contribution < 1.29 is 28.7 Å². The summed E-state index contributed by atoms with van der Waals surface area (Å²) in [5.74, 6) is -1.02. The fourth-order valence-corrected chi connectivity index (χ4v) is 10.4. The second-order valence-corrected chi connectivity index (χ2v) is 22.2.